The molecular weight excluding hydrogens is 326 g/mol. The number of carbonyl (C=O) groups excluding carboxylic acids is 1. The Labute approximate surface area is 155 Å². The lowest BCUT2D eigenvalue weighted by Gasteiger charge is -2.33. The number of nitriles is 1. The van der Waals surface area contributed by atoms with Crippen molar-refractivity contribution >= 4 is 11.6 Å². The number of hydrogen-bond acceptors (Lipinski definition) is 4. The predicted molar refractivity (Wildman–Crippen MR) is 101 cm³/mol. The van der Waals surface area contributed by atoms with Gasteiger partial charge in [0.1, 0.15) is 5.75 Å². The molecule has 0 saturated heterocycles. The zero-order valence-corrected chi connectivity index (χ0v) is 15.2. The number of hydrogen-bond donors (Lipinski definition) is 1. The minimum Gasteiger partial charge on any atom is -0.484 e. The molecule has 0 heterocycles. The molecule has 1 atom stereocenters. The molecule has 26 heavy (non-hydrogen) atoms. The Bertz CT molecular complexity index is 669. The Morgan fingerprint density at radius 3 is 2.58 bits per heavy atom. The third-order valence-electron chi connectivity index (χ3n) is 5.52. The number of amides is 1. The van der Waals surface area contributed by atoms with Crippen molar-refractivity contribution in [2.75, 3.05) is 6.61 Å². The number of nitrogens with zero attached hydrogens (tertiary/aromatic N) is 2. The van der Waals surface area contributed by atoms with Gasteiger partial charge in [0.25, 0.3) is 5.91 Å². The normalized spacial score (nSPS) is 22.6. The smallest absolute Gasteiger partial charge is 0.277 e. The van der Waals surface area contributed by atoms with Gasteiger partial charge < -0.3 is 4.74 Å². The van der Waals surface area contributed by atoms with Gasteiger partial charge in [0, 0.05) is 11.6 Å². The van der Waals surface area contributed by atoms with Gasteiger partial charge in [-0.15, -0.1) is 0 Å². The van der Waals surface area contributed by atoms with E-state index in [0.717, 1.165) is 12.3 Å². The highest BCUT2D eigenvalue weighted by Crippen LogP contribution is 2.36. The van der Waals surface area contributed by atoms with E-state index in [0.29, 0.717) is 17.2 Å². The number of hydrazone groups is 1. The topological polar surface area (TPSA) is 74.5 Å². The summed E-state index contributed by atoms with van der Waals surface area (Å²) in [5.74, 6) is 1.62. The predicted octanol–water partition coefficient (Wildman–Crippen LogP) is 4.18. The molecule has 0 aliphatic heterocycles. The molecule has 0 radical (unpaired) electrons. The molecule has 1 aromatic carbocycles. The van der Waals surface area contributed by atoms with Crippen LogP contribution >= 0.6 is 0 Å². The number of carbonyl (C=O) groups is 1. The molecule has 5 heteroatoms. The minimum absolute atomic E-state index is 0.0726. The first kappa shape index (κ1) is 18.4. The molecule has 2 aliphatic rings. The van der Waals surface area contributed by atoms with Crippen LogP contribution in [0, 0.1) is 23.2 Å². The van der Waals surface area contributed by atoms with Crippen LogP contribution in [-0.2, 0) is 4.79 Å². The van der Waals surface area contributed by atoms with Gasteiger partial charge in [-0.25, -0.2) is 5.43 Å². The van der Waals surface area contributed by atoms with Crippen molar-refractivity contribution in [2.24, 2.45) is 16.9 Å². The summed E-state index contributed by atoms with van der Waals surface area (Å²) in [7, 11) is 0. The lowest BCUT2D eigenvalue weighted by atomic mass is 9.72. The van der Waals surface area contributed by atoms with Crippen LogP contribution in [0.2, 0.25) is 0 Å². The van der Waals surface area contributed by atoms with Gasteiger partial charge in [-0.2, -0.15) is 10.4 Å². The first-order valence-electron chi connectivity index (χ1n) is 9.74. The van der Waals surface area contributed by atoms with E-state index in [9.17, 15) is 4.79 Å². The second-order valence-electron chi connectivity index (χ2n) is 7.31. The van der Waals surface area contributed by atoms with Crippen LogP contribution in [0.15, 0.2) is 29.4 Å². The van der Waals surface area contributed by atoms with Gasteiger partial charge in [-0.1, -0.05) is 25.7 Å². The SMILES string of the molecule is N#Cc1ccc(OCC(=O)NN=C2CCCC[C@H]2C2CCCCC2)cc1. The molecule has 2 fully saturated rings. The molecule has 0 bridgehead atoms. The van der Waals surface area contributed by atoms with E-state index >= 15 is 0 Å². The van der Waals surface area contributed by atoms with Crippen molar-refractivity contribution in [3.8, 4) is 11.8 Å². The average Bonchev–Trinajstić information content (AvgIpc) is 2.72. The molecule has 1 aromatic rings. The minimum atomic E-state index is -0.241. The van der Waals surface area contributed by atoms with Crippen molar-refractivity contribution in [1.82, 2.24) is 5.43 Å². The molecule has 0 spiro atoms. The fraction of sp³-hybridized carbons (Fsp3) is 0.571. The van der Waals surface area contributed by atoms with Gasteiger partial charge in [0.15, 0.2) is 6.61 Å². The van der Waals surface area contributed by atoms with E-state index < -0.39 is 0 Å². The molecule has 5 nitrogen and oxygen atoms in total. The maximum Gasteiger partial charge on any atom is 0.277 e. The first-order valence-corrected chi connectivity index (χ1v) is 9.74. The number of ether oxygens (including phenoxy) is 1. The van der Waals surface area contributed by atoms with Crippen molar-refractivity contribution in [2.45, 2.75) is 57.8 Å². The molecule has 1 N–H and O–H groups in total. The monoisotopic (exact) mass is 353 g/mol. The van der Waals surface area contributed by atoms with E-state index in [4.69, 9.17) is 10.00 Å². The summed E-state index contributed by atoms with van der Waals surface area (Å²) in [6.07, 6.45) is 11.3. The molecule has 0 unspecified atom stereocenters. The lowest BCUT2D eigenvalue weighted by molar-refractivity contribution is -0.123. The summed E-state index contributed by atoms with van der Waals surface area (Å²) in [6, 6.07) is 8.78. The average molecular weight is 353 g/mol. The van der Waals surface area contributed by atoms with Crippen molar-refractivity contribution in [3.05, 3.63) is 29.8 Å². The molecule has 2 aliphatic carbocycles. The highest BCUT2D eigenvalue weighted by Gasteiger charge is 2.29. The quantitative estimate of drug-likeness (QED) is 0.807. The van der Waals surface area contributed by atoms with Crippen LogP contribution in [0.5, 0.6) is 5.75 Å². The van der Waals surface area contributed by atoms with Gasteiger partial charge in [0.05, 0.1) is 11.6 Å². The summed E-state index contributed by atoms with van der Waals surface area (Å²) in [5, 5.41) is 13.3. The Hall–Kier alpha value is -2.35. The van der Waals surface area contributed by atoms with Crippen molar-refractivity contribution in [1.29, 1.82) is 5.26 Å². The lowest BCUT2D eigenvalue weighted by Crippen LogP contribution is -2.32. The number of benzene rings is 1. The molecule has 138 valence electrons. The van der Waals surface area contributed by atoms with Crippen LogP contribution < -0.4 is 10.2 Å². The Morgan fingerprint density at radius 2 is 1.85 bits per heavy atom. The third-order valence-corrected chi connectivity index (χ3v) is 5.52. The van der Waals surface area contributed by atoms with Crippen LogP contribution in [0.3, 0.4) is 0 Å². The summed E-state index contributed by atoms with van der Waals surface area (Å²) in [4.78, 5) is 12.1. The van der Waals surface area contributed by atoms with E-state index in [1.807, 2.05) is 0 Å². The van der Waals surface area contributed by atoms with Crippen LogP contribution in [-0.4, -0.2) is 18.2 Å². The Balaban J connectivity index is 1.51. The van der Waals surface area contributed by atoms with Crippen molar-refractivity contribution < 1.29 is 9.53 Å². The molecule has 3 rings (SSSR count). The Kier molecular flexibility index (Phi) is 6.65. The van der Waals surface area contributed by atoms with Gasteiger partial charge in [-0.05, 0) is 62.3 Å². The second-order valence-corrected chi connectivity index (χ2v) is 7.31. The van der Waals surface area contributed by atoms with E-state index in [-0.39, 0.29) is 12.5 Å². The zero-order chi connectivity index (χ0) is 18.2. The van der Waals surface area contributed by atoms with Crippen molar-refractivity contribution in [3.63, 3.8) is 0 Å². The fourth-order valence-electron chi connectivity index (χ4n) is 4.15. The molecule has 1 amide bonds. The van der Waals surface area contributed by atoms with E-state index in [2.05, 4.69) is 16.6 Å². The maximum absolute atomic E-state index is 12.1. The van der Waals surface area contributed by atoms with Gasteiger partial charge in [-0.3, -0.25) is 4.79 Å². The summed E-state index contributed by atoms with van der Waals surface area (Å²) < 4.78 is 5.46. The number of rotatable bonds is 5. The molecule has 0 aromatic heterocycles. The van der Waals surface area contributed by atoms with Gasteiger partial charge >= 0.3 is 0 Å². The summed E-state index contributed by atoms with van der Waals surface area (Å²) in [5.41, 5.74) is 4.43. The zero-order valence-electron chi connectivity index (χ0n) is 15.2. The molecule has 2 saturated carbocycles. The molecular formula is C21H27N3O2. The summed E-state index contributed by atoms with van der Waals surface area (Å²) in [6.45, 7) is -0.0726. The van der Waals surface area contributed by atoms with E-state index in [1.165, 1.54) is 57.1 Å². The highest BCUT2D eigenvalue weighted by atomic mass is 16.5. The maximum atomic E-state index is 12.1. The van der Waals surface area contributed by atoms with Crippen LogP contribution in [0.1, 0.15) is 63.4 Å². The third kappa shape index (κ3) is 5.08. The van der Waals surface area contributed by atoms with Gasteiger partial charge in [0.2, 0.25) is 0 Å². The van der Waals surface area contributed by atoms with Crippen LogP contribution in [0.25, 0.3) is 0 Å². The largest absolute Gasteiger partial charge is 0.484 e. The van der Waals surface area contributed by atoms with Crippen LogP contribution in [0.4, 0.5) is 0 Å². The highest BCUT2D eigenvalue weighted by molar-refractivity contribution is 5.89. The first-order chi connectivity index (χ1) is 12.8. The fourth-order valence-corrected chi connectivity index (χ4v) is 4.15. The number of nitrogens with one attached hydrogen (secondary N) is 1. The second kappa shape index (κ2) is 9.38. The Morgan fingerprint density at radius 1 is 1.12 bits per heavy atom. The van der Waals surface area contributed by atoms with E-state index in [1.54, 1.807) is 24.3 Å². The summed E-state index contributed by atoms with van der Waals surface area (Å²) >= 11 is 0. The standard InChI is InChI=1S/C21H27N3O2/c22-14-16-10-12-18(13-11-16)26-15-21(25)24-23-20-9-5-4-8-19(20)17-6-2-1-3-7-17/h10-13,17,19H,1-9,15H2,(H,24,25)/t19-/m0/s1.